The smallest absolute Gasteiger partial charge is 0.306 e. The first-order valence-electron chi connectivity index (χ1n) is 6.63. The van der Waals surface area contributed by atoms with Gasteiger partial charge in [0.2, 0.25) is 0 Å². The molecule has 19 heavy (non-hydrogen) atoms. The van der Waals surface area contributed by atoms with E-state index in [1.165, 1.54) is 0 Å². The molecule has 0 aromatic heterocycles. The minimum absolute atomic E-state index is 0.142. The Hall–Kier alpha value is -1.35. The molecule has 3 nitrogen and oxygen atoms in total. The Kier molecular flexibility index (Phi) is 4.97. The van der Waals surface area contributed by atoms with Crippen LogP contribution in [-0.4, -0.2) is 23.8 Å². The Morgan fingerprint density at radius 3 is 2.47 bits per heavy atom. The summed E-state index contributed by atoms with van der Waals surface area (Å²) >= 11 is 5.81. The number of carboxylic acid groups (broad SMARTS) is 1. The van der Waals surface area contributed by atoms with Crippen molar-refractivity contribution < 1.29 is 9.90 Å². The minimum atomic E-state index is -0.650. The van der Waals surface area contributed by atoms with E-state index in [1.807, 2.05) is 30.5 Å². The van der Waals surface area contributed by atoms with Crippen LogP contribution in [0.25, 0.3) is 0 Å². The Balaban J connectivity index is 1.77. The molecule has 1 aliphatic carbocycles. The van der Waals surface area contributed by atoms with E-state index in [4.69, 9.17) is 16.7 Å². The molecule has 1 aromatic rings. The Bertz CT molecular complexity index is 448. The van der Waals surface area contributed by atoms with E-state index in [-0.39, 0.29) is 5.92 Å². The number of aliphatic imine (C=N–C) groups is 1. The minimum Gasteiger partial charge on any atom is -0.481 e. The molecule has 0 unspecified atom stereocenters. The topological polar surface area (TPSA) is 49.7 Å². The Morgan fingerprint density at radius 1 is 1.26 bits per heavy atom. The SMILES string of the molecule is O=C(O)[C@H]1CC[C@H](CN=Cc2ccc(Cl)cc2)CC1. The second-order valence-electron chi connectivity index (χ2n) is 5.10. The van der Waals surface area contributed by atoms with Crippen LogP contribution in [0.4, 0.5) is 0 Å². The highest BCUT2D eigenvalue weighted by molar-refractivity contribution is 6.30. The van der Waals surface area contributed by atoms with E-state index in [2.05, 4.69) is 4.99 Å². The van der Waals surface area contributed by atoms with Gasteiger partial charge in [0.25, 0.3) is 0 Å². The van der Waals surface area contributed by atoms with Crippen LogP contribution in [0, 0.1) is 11.8 Å². The van der Waals surface area contributed by atoms with Gasteiger partial charge in [0, 0.05) is 17.8 Å². The van der Waals surface area contributed by atoms with Crippen LogP contribution >= 0.6 is 11.6 Å². The summed E-state index contributed by atoms with van der Waals surface area (Å²) in [6.45, 7) is 0.787. The van der Waals surface area contributed by atoms with Crippen LogP contribution in [0.15, 0.2) is 29.3 Å². The van der Waals surface area contributed by atoms with E-state index < -0.39 is 5.97 Å². The molecule has 0 radical (unpaired) electrons. The summed E-state index contributed by atoms with van der Waals surface area (Å²) in [5, 5.41) is 9.66. The average Bonchev–Trinajstić information content (AvgIpc) is 2.41. The monoisotopic (exact) mass is 279 g/mol. The van der Waals surface area contributed by atoms with Crippen molar-refractivity contribution in [1.82, 2.24) is 0 Å². The molecule has 0 amide bonds. The van der Waals surface area contributed by atoms with Crippen molar-refractivity contribution in [3.63, 3.8) is 0 Å². The fraction of sp³-hybridized carbons (Fsp3) is 0.467. The third-order valence-electron chi connectivity index (χ3n) is 3.67. The van der Waals surface area contributed by atoms with Crippen molar-refractivity contribution in [3.8, 4) is 0 Å². The molecular weight excluding hydrogens is 262 g/mol. The number of aliphatic carboxylic acids is 1. The largest absolute Gasteiger partial charge is 0.481 e. The van der Waals surface area contributed by atoms with Gasteiger partial charge >= 0.3 is 5.97 Å². The van der Waals surface area contributed by atoms with Crippen LogP contribution in [0.3, 0.4) is 0 Å². The van der Waals surface area contributed by atoms with Gasteiger partial charge in [-0.2, -0.15) is 0 Å². The number of carbonyl (C=O) groups is 1. The Morgan fingerprint density at radius 2 is 1.89 bits per heavy atom. The number of hydrogen-bond acceptors (Lipinski definition) is 2. The van der Waals surface area contributed by atoms with Crippen molar-refractivity contribution in [2.75, 3.05) is 6.54 Å². The average molecular weight is 280 g/mol. The summed E-state index contributed by atoms with van der Waals surface area (Å²) in [6, 6.07) is 7.57. The predicted octanol–water partition coefficient (Wildman–Crippen LogP) is 3.65. The maximum absolute atomic E-state index is 10.8. The second-order valence-corrected chi connectivity index (χ2v) is 5.54. The molecular formula is C15H18ClNO2. The highest BCUT2D eigenvalue weighted by Gasteiger charge is 2.25. The van der Waals surface area contributed by atoms with Gasteiger partial charge in [-0.05, 0) is 49.3 Å². The summed E-state index contributed by atoms with van der Waals surface area (Å²) in [5.41, 5.74) is 1.05. The van der Waals surface area contributed by atoms with E-state index in [1.54, 1.807) is 0 Å². The van der Waals surface area contributed by atoms with E-state index in [0.29, 0.717) is 5.92 Å². The number of carboxylic acids is 1. The first kappa shape index (κ1) is 14.1. The fourth-order valence-electron chi connectivity index (χ4n) is 2.45. The van der Waals surface area contributed by atoms with E-state index in [0.717, 1.165) is 42.8 Å². The highest BCUT2D eigenvalue weighted by Crippen LogP contribution is 2.29. The highest BCUT2D eigenvalue weighted by atomic mass is 35.5. The molecule has 0 aliphatic heterocycles. The molecule has 0 bridgehead atoms. The lowest BCUT2D eigenvalue weighted by atomic mass is 9.82. The standard InChI is InChI=1S/C15H18ClNO2/c16-14-7-3-12(4-8-14)10-17-9-11-1-5-13(6-2-11)15(18)19/h3-4,7-8,10-11,13H,1-2,5-6,9H2,(H,18,19)/t11-,13-. The fourth-order valence-corrected chi connectivity index (χ4v) is 2.57. The van der Waals surface area contributed by atoms with E-state index >= 15 is 0 Å². The molecule has 1 aromatic carbocycles. The first-order valence-corrected chi connectivity index (χ1v) is 7.01. The molecule has 102 valence electrons. The van der Waals surface area contributed by atoms with E-state index in [9.17, 15) is 4.79 Å². The third kappa shape index (κ3) is 4.35. The van der Waals surface area contributed by atoms with Gasteiger partial charge in [-0.1, -0.05) is 23.7 Å². The summed E-state index contributed by atoms with van der Waals surface area (Å²) in [5.74, 6) is -0.265. The van der Waals surface area contributed by atoms with Crippen molar-refractivity contribution in [1.29, 1.82) is 0 Å². The normalized spacial score (nSPS) is 23.6. The van der Waals surface area contributed by atoms with Crippen LogP contribution in [0.1, 0.15) is 31.2 Å². The number of nitrogens with zero attached hydrogens (tertiary/aromatic N) is 1. The summed E-state index contributed by atoms with van der Waals surface area (Å²) < 4.78 is 0. The maximum atomic E-state index is 10.8. The van der Waals surface area contributed by atoms with Crippen LogP contribution in [0.2, 0.25) is 5.02 Å². The molecule has 1 fully saturated rings. The van der Waals surface area contributed by atoms with Crippen LogP contribution in [0.5, 0.6) is 0 Å². The number of benzene rings is 1. The molecule has 1 saturated carbocycles. The first-order chi connectivity index (χ1) is 9.15. The van der Waals surface area contributed by atoms with Gasteiger partial charge in [0.05, 0.1) is 5.92 Å². The second kappa shape index (κ2) is 6.71. The molecule has 0 saturated heterocycles. The van der Waals surface area contributed by atoms with Gasteiger partial charge in [-0.15, -0.1) is 0 Å². The molecule has 0 heterocycles. The summed E-state index contributed by atoms with van der Waals surface area (Å²) in [7, 11) is 0. The number of halogens is 1. The summed E-state index contributed by atoms with van der Waals surface area (Å²) in [4.78, 5) is 15.3. The van der Waals surface area contributed by atoms with Gasteiger partial charge in [0.1, 0.15) is 0 Å². The predicted molar refractivity (Wildman–Crippen MR) is 77.0 cm³/mol. The van der Waals surface area contributed by atoms with Gasteiger partial charge in [0.15, 0.2) is 0 Å². The lowest BCUT2D eigenvalue weighted by Gasteiger charge is -2.24. The Labute approximate surface area is 118 Å². The van der Waals surface area contributed by atoms with Crippen LogP contribution < -0.4 is 0 Å². The van der Waals surface area contributed by atoms with Crippen molar-refractivity contribution >= 4 is 23.8 Å². The summed E-state index contributed by atoms with van der Waals surface area (Å²) in [6.07, 6.45) is 5.37. The molecule has 1 aliphatic rings. The zero-order valence-electron chi connectivity index (χ0n) is 10.8. The van der Waals surface area contributed by atoms with Gasteiger partial charge < -0.3 is 5.11 Å². The lowest BCUT2D eigenvalue weighted by Crippen LogP contribution is -2.22. The van der Waals surface area contributed by atoms with Gasteiger partial charge in [-0.3, -0.25) is 9.79 Å². The van der Waals surface area contributed by atoms with Gasteiger partial charge in [-0.25, -0.2) is 0 Å². The zero-order valence-corrected chi connectivity index (χ0v) is 11.5. The molecule has 0 atom stereocenters. The lowest BCUT2D eigenvalue weighted by molar-refractivity contribution is -0.143. The molecule has 2 rings (SSSR count). The maximum Gasteiger partial charge on any atom is 0.306 e. The molecule has 4 heteroatoms. The van der Waals surface area contributed by atoms with Crippen molar-refractivity contribution in [3.05, 3.63) is 34.9 Å². The molecule has 1 N–H and O–H groups in total. The number of hydrogen-bond donors (Lipinski definition) is 1. The zero-order chi connectivity index (χ0) is 13.7. The third-order valence-corrected chi connectivity index (χ3v) is 3.92. The van der Waals surface area contributed by atoms with Crippen LogP contribution in [-0.2, 0) is 4.79 Å². The molecule has 0 spiro atoms. The number of rotatable bonds is 4. The quantitative estimate of drug-likeness (QED) is 0.855. The van der Waals surface area contributed by atoms with Crippen molar-refractivity contribution in [2.45, 2.75) is 25.7 Å². The van der Waals surface area contributed by atoms with Crippen molar-refractivity contribution in [2.24, 2.45) is 16.8 Å².